The fourth-order valence-corrected chi connectivity index (χ4v) is 4.95. The molecule has 224 valence electrons. The van der Waals surface area contributed by atoms with Crippen LogP contribution in [0, 0.1) is 5.92 Å². The van der Waals surface area contributed by atoms with Crippen molar-refractivity contribution in [3.8, 4) is 11.3 Å². The lowest BCUT2D eigenvalue weighted by atomic mass is 10.0. The van der Waals surface area contributed by atoms with Crippen LogP contribution < -0.4 is 16.4 Å². The standard InChI is InChI=1S/C28H33F3N8O3/c1-2-19-13-20(3-4-21(19)27(40)34-8-12-41-11-6-32)36-25-26-35-14-23(39(26)9-7-33-25)22-16-38(15-18-5-10-42-17-18)37-24(22)28(29,30)31/h3-4,7,9,13-14,16,18H,2,5-6,8,10-12,15,17,32H2,1H3,(H,33,36)(H,34,40). The molecule has 42 heavy (non-hydrogen) atoms. The fraction of sp³-hybridized carbons (Fsp3) is 0.429. The van der Waals surface area contributed by atoms with Crippen LogP contribution in [0.1, 0.15) is 35.0 Å². The van der Waals surface area contributed by atoms with Crippen molar-refractivity contribution in [1.29, 1.82) is 0 Å². The number of hydrogen-bond acceptors (Lipinski definition) is 8. The molecule has 1 fully saturated rings. The molecule has 0 bridgehead atoms. The molecule has 1 aliphatic heterocycles. The molecule has 3 aromatic heterocycles. The Labute approximate surface area is 240 Å². The number of benzene rings is 1. The van der Waals surface area contributed by atoms with Crippen LogP contribution in [-0.4, -0.2) is 69.6 Å². The maximum Gasteiger partial charge on any atom is 0.435 e. The van der Waals surface area contributed by atoms with Crippen molar-refractivity contribution in [2.45, 2.75) is 32.5 Å². The average molecular weight is 587 g/mol. The van der Waals surface area contributed by atoms with E-state index in [1.807, 2.05) is 13.0 Å². The molecule has 4 aromatic rings. The Bertz CT molecular complexity index is 1530. The van der Waals surface area contributed by atoms with Crippen LogP contribution >= 0.6 is 0 Å². The Morgan fingerprint density at radius 2 is 2.12 bits per heavy atom. The Hall–Kier alpha value is -4.01. The normalized spacial score (nSPS) is 15.4. The van der Waals surface area contributed by atoms with Crippen molar-refractivity contribution >= 4 is 23.1 Å². The molecule has 0 radical (unpaired) electrons. The van der Waals surface area contributed by atoms with Crippen molar-refractivity contribution in [1.82, 2.24) is 29.5 Å². The van der Waals surface area contributed by atoms with Crippen molar-refractivity contribution < 1.29 is 27.4 Å². The Kier molecular flexibility index (Phi) is 9.04. The summed E-state index contributed by atoms with van der Waals surface area (Å²) < 4.78 is 55.6. The molecule has 5 rings (SSSR count). The molecule has 0 saturated carbocycles. The lowest BCUT2D eigenvalue weighted by molar-refractivity contribution is -0.141. The highest BCUT2D eigenvalue weighted by Crippen LogP contribution is 2.37. The molecule has 4 heterocycles. The van der Waals surface area contributed by atoms with Crippen LogP contribution in [0.2, 0.25) is 0 Å². The van der Waals surface area contributed by atoms with Crippen molar-refractivity contribution in [2.75, 3.05) is 44.8 Å². The topological polar surface area (TPSA) is 134 Å². The van der Waals surface area contributed by atoms with E-state index < -0.39 is 11.9 Å². The first kappa shape index (κ1) is 29.5. The maximum absolute atomic E-state index is 14.0. The Balaban J connectivity index is 1.39. The Morgan fingerprint density at radius 1 is 1.26 bits per heavy atom. The minimum Gasteiger partial charge on any atom is -0.381 e. The average Bonchev–Trinajstić information content (AvgIpc) is 3.73. The second-order valence-corrected chi connectivity index (χ2v) is 9.96. The third-order valence-electron chi connectivity index (χ3n) is 6.99. The summed E-state index contributed by atoms with van der Waals surface area (Å²) >= 11 is 0. The van der Waals surface area contributed by atoms with Gasteiger partial charge in [0.15, 0.2) is 17.2 Å². The van der Waals surface area contributed by atoms with Crippen LogP contribution in [0.25, 0.3) is 16.9 Å². The molecule has 11 nitrogen and oxygen atoms in total. The molecule has 1 aliphatic rings. The van der Waals surface area contributed by atoms with E-state index in [1.165, 1.54) is 23.3 Å². The summed E-state index contributed by atoms with van der Waals surface area (Å²) in [5.41, 5.74) is 6.95. The molecule has 1 unspecified atom stereocenters. The summed E-state index contributed by atoms with van der Waals surface area (Å²) in [6, 6.07) is 5.30. The van der Waals surface area contributed by atoms with Gasteiger partial charge in [-0.25, -0.2) is 9.97 Å². The number of anilines is 2. The van der Waals surface area contributed by atoms with E-state index in [-0.39, 0.29) is 23.1 Å². The number of imidazole rings is 1. The molecule has 1 amide bonds. The number of nitrogens with two attached hydrogens (primary N) is 1. The summed E-state index contributed by atoms with van der Waals surface area (Å²) in [6.07, 6.45) is 2.59. The number of carbonyl (C=O) groups is 1. The highest BCUT2D eigenvalue weighted by atomic mass is 19.4. The first-order chi connectivity index (χ1) is 20.3. The van der Waals surface area contributed by atoms with Gasteiger partial charge in [-0.3, -0.25) is 13.9 Å². The number of hydrogen-bond donors (Lipinski definition) is 3. The van der Waals surface area contributed by atoms with E-state index in [1.54, 1.807) is 22.7 Å². The number of rotatable bonds is 12. The number of halogens is 3. The summed E-state index contributed by atoms with van der Waals surface area (Å²) in [6.45, 7) is 4.96. The van der Waals surface area contributed by atoms with Gasteiger partial charge in [0.25, 0.3) is 5.91 Å². The lowest BCUT2D eigenvalue weighted by Gasteiger charge is -2.13. The van der Waals surface area contributed by atoms with Gasteiger partial charge in [0.1, 0.15) is 0 Å². The quantitative estimate of drug-likeness (QED) is 0.214. The molecular weight excluding hydrogens is 553 g/mol. The molecule has 1 saturated heterocycles. The van der Waals surface area contributed by atoms with Gasteiger partial charge in [-0.2, -0.15) is 18.3 Å². The molecule has 1 aromatic carbocycles. The van der Waals surface area contributed by atoms with E-state index in [4.69, 9.17) is 15.2 Å². The number of fused-ring (bicyclic) bond motifs is 1. The van der Waals surface area contributed by atoms with Crippen LogP contribution in [-0.2, 0) is 28.6 Å². The molecule has 0 spiro atoms. The first-order valence-corrected chi connectivity index (χ1v) is 13.8. The first-order valence-electron chi connectivity index (χ1n) is 13.8. The lowest BCUT2D eigenvalue weighted by Crippen LogP contribution is -2.28. The van der Waals surface area contributed by atoms with Crippen LogP contribution in [0.5, 0.6) is 0 Å². The number of alkyl halides is 3. The predicted octanol–water partition coefficient (Wildman–Crippen LogP) is 3.66. The minimum atomic E-state index is -4.65. The van der Waals surface area contributed by atoms with Gasteiger partial charge in [-0.1, -0.05) is 6.92 Å². The highest BCUT2D eigenvalue weighted by Gasteiger charge is 2.38. The number of ether oxygens (including phenoxy) is 2. The van der Waals surface area contributed by atoms with Crippen LogP contribution in [0.3, 0.4) is 0 Å². The zero-order chi connectivity index (χ0) is 29.7. The zero-order valence-electron chi connectivity index (χ0n) is 23.2. The number of amides is 1. The summed E-state index contributed by atoms with van der Waals surface area (Å²) in [7, 11) is 0. The van der Waals surface area contributed by atoms with Crippen LogP contribution in [0.4, 0.5) is 24.7 Å². The smallest absolute Gasteiger partial charge is 0.381 e. The van der Waals surface area contributed by atoms with Crippen molar-refractivity contribution in [3.63, 3.8) is 0 Å². The number of carbonyl (C=O) groups excluding carboxylic acids is 1. The van der Waals surface area contributed by atoms with Gasteiger partial charge in [0.2, 0.25) is 0 Å². The molecule has 1 atom stereocenters. The van der Waals surface area contributed by atoms with Crippen molar-refractivity contribution in [3.05, 3.63) is 59.8 Å². The van der Waals surface area contributed by atoms with Gasteiger partial charge < -0.3 is 25.8 Å². The third kappa shape index (κ3) is 6.55. The molecule has 0 aliphatic carbocycles. The van der Waals surface area contributed by atoms with E-state index in [2.05, 4.69) is 25.7 Å². The summed E-state index contributed by atoms with van der Waals surface area (Å²) in [5.74, 6) is 0.250. The van der Waals surface area contributed by atoms with E-state index >= 15 is 0 Å². The highest BCUT2D eigenvalue weighted by molar-refractivity contribution is 5.96. The minimum absolute atomic E-state index is 0.0665. The van der Waals surface area contributed by atoms with E-state index in [9.17, 15) is 18.0 Å². The van der Waals surface area contributed by atoms with Gasteiger partial charge in [0, 0.05) is 62.0 Å². The predicted molar refractivity (Wildman–Crippen MR) is 149 cm³/mol. The van der Waals surface area contributed by atoms with Gasteiger partial charge in [-0.15, -0.1) is 0 Å². The fourth-order valence-electron chi connectivity index (χ4n) is 4.95. The van der Waals surface area contributed by atoms with Gasteiger partial charge in [-0.05, 0) is 36.6 Å². The Morgan fingerprint density at radius 3 is 2.86 bits per heavy atom. The SMILES string of the molecule is CCc1cc(Nc2nccn3c(-c4cn(CC5CCOC5)nc4C(F)(F)F)cnc23)ccc1C(=O)NCCOCCN. The van der Waals surface area contributed by atoms with Crippen molar-refractivity contribution in [2.24, 2.45) is 11.7 Å². The third-order valence-corrected chi connectivity index (χ3v) is 6.99. The maximum atomic E-state index is 14.0. The monoisotopic (exact) mass is 586 g/mol. The number of aromatic nitrogens is 5. The number of nitrogens with one attached hydrogen (secondary N) is 2. The molecular formula is C28H33F3N8O3. The second kappa shape index (κ2) is 12.9. The van der Waals surface area contributed by atoms with E-state index in [0.29, 0.717) is 75.2 Å². The van der Waals surface area contributed by atoms with Gasteiger partial charge >= 0.3 is 6.18 Å². The molecule has 14 heteroatoms. The number of nitrogens with zero attached hydrogens (tertiary/aromatic N) is 5. The second-order valence-electron chi connectivity index (χ2n) is 9.96. The largest absolute Gasteiger partial charge is 0.435 e. The van der Waals surface area contributed by atoms with Crippen LogP contribution in [0.15, 0.2) is 43.0 Å². The molecule has 4 N–H and O–H groups in total. The zero-order valence-corrected chi connectivity index (χ0v) is 23.2. The number of aryl methyl sites for hydroxylation is 1. The summed E-state index contributed by atoms with van der Waals surface area (Å²) in [5, 5.41) is 9.93. The summed E-state index contributed by atoms with van der Waals surface area (Å²) in [4.78, 5) is 21.5. The van der Waals surface area contributed by atoms with E-state index in [0.717, 1.165) is 12.0 Å². The van der Waals surface area contributed by atoms with Gasteiger partial charge in [0.05, 0.1) is 37.3 Å².